The molecule has 404 valence electrons. The van der Waals surface area contributed by atoms with E-state index in [1.165, 1.54) is 212 Å². The summed E-state index contributed by atoms with van der Waals surface area (Å²) in [6.45, 7) is 6.65. The van der Waals surface area contributed by atoms with Gasteiger partial charge in [-0.3, -0.25) is 14.4 Å². The summed E-state index contributed by atoms with van der Waals surface area (Å²) in [5, 5.41) is 0. The van der Waals surface area contributed by atoms with Gasteiger partial charge in [0, 0.05) is 19.3 Å². The lowest BCUT2D eigenvalue weighted by Gasteiger charge is -2.18. The Balaban J connectivity index is 4.34. The van der Waals surface area contributed by atoms with Gasteiger partial charge in [0.05, 0.1) is 0 Å². The van der Waals surface area contributed by atoms with Gasteiger partial charge in [0.1, 0.15) is 13.2 Å². The van der Waals surface area contributed by atoms with Crippen LogP contribution in [0.25, 0.3) is 0 Å². The van der Waals surface area contributed by atoms with Gasteiger partial charge in [0.2, 0.25) is 0 Å². The molecule has 6 heteroatoms. The second-order valence-electron chi connectivity index (χ2n) is 20.6. The number of hydrogen-bond donors (Lipinski definition) is 0. The molecule has 0 aliphatic heterocycles. The smallest absolute Gasteiger partial charge is 0.306 e. The minimum Gasteiger partial charge on any atom is -0.462 e. The summed E-state index contributed by atoms with van der Waals surface area (Å²) in [4.78, 5) is 38.2. The van der Waals surface area contributed by atoms with E-state index in [4.69, 9.17) is 14.2 Å². The zero-order valence-electron chi connectivity index (χ0n) is 46.3. The second kappa shape index (κ2) is 58.2. The Bertz CT molecular complexity index is 1160. The normalized spacial score (nSPS) is 12.2. The van der Waals surface area contributed by atoms with Crippen LogP contribution in [-0.2, 0) is 28.6 Å². The molecule has 69 heavy (non-hydrogen) atoms. The van der Waals surface area contributed by atoms with Gasteiger partial charge < -0.3 is 14.2 Å². The molecular formula is C63H116O6. The lowest BCUT2D eigenvalue weighted by molar-refractivity contribution is -0.167. The van der Waals surface area contributed by atoms with Crippen LogP contribution in [0.5, 0.6) is 0 Å². The molecule has 0 rings (SSSR count). The minimum atomic E-state index is -0.778. The third-order valence-electron chi connectivity index (χ3n) is 13.6. The Labute approximate surface area is 429 Å². The summed E-state index contributed by atoms with van der Waals surface area (Å²) in [6.07, 6.45) is 69.9. The third-order valence-corrected chi connectivity index (χ3v) is 13.6. The minimum absolute atomic E-state index is 0.0745. The average Bonchev–Trinajstić information content (AvgIpc) is 3.35. The Morgan fingerprint density at radius 2 is 0.522 bits per heavy atom. The number of allylic oxidation sites excluding steroid dienone is 6. The van der Waals surface area contributed by atoms with E-state index in [1.807, 2.05) is 0 Å². The Morgan fingerprint density at radius 1 is 0.290 bits per heavy atom. The highest BCUT2D eigenvalue weighted by Gasteiger charge is 2.19. The molecule has 0 aliphatic rings. The first-order chi connectivity index (χ1) is 34.0. The van der Waals surface area contributed by atoms with Crippen molar-refractivity contribution in [3.05, 3.63) is 36.5 Å². The van der Waals surface area contributed by atoms with Crippen LogP contribution in [0.15, 0.2) is 36.5 Å². The highest BCUT2D eigenvalue weighted by molar-refractivity contribution is 5.71. The molecule has 0 saturated heterocycles. The van der Waals surface area contributed by atoms with Crippen molar-refractivity contribution in [1.29, 1.82) is 0 Å². The van der Waals surface area contributed by atoms with E-state index in [1.54, 1.807) is 0 Å². The first kappa shape index (κ1) is 66.6. The van der Waals surface area contributed by atoms with Crippen LogP contribution in [-0.4, -0.2) is 37.2 Å². The number of carbonyl (C=O) groups excluding carboxylic acids is 3. The molecule has 1 atom stereocenters. The molecule has 0 radical (unpaired) electrons. The molecule has 0 bridgehead atoms. The third kappa shape index (κ3) is 56.4. The van der Waals surface area contributed by atoms with Crippen molar-refractivity contribution >= 4 is 17.9 Å². The van der Waals surface area contributed by atoms with Gasteiger partial charge in [-0.1, -0.05) is 269 Å². The van der Waals surface area contributed by atoms with Crippen LogP contribution < -0.4 is 0 Å². The monoisotopic (exact) mass is 969 g/mol. The van der Waals surface area contributed by atoms with Crippen molar-refractivity contribution in [1.82, 2.24) is 0 Å². The number of rotatable bonds is 56. The number of ether oxygens (including phenoxy) is 3. The van der Waals surface area contributed by atoms with Gasteiger partial charge in [-0.25, -0.2) is 0 Å². The maximum atomic E-state index is 12.9. The van der Waals surface area contributed by atoms with E-state index in [-0.39, 0.29) is 31.1 Å². The van der Waals surface area contributed by atoms with Crippen LogP contribution in [0.1, 0.15) is 329 Å². The summed E-state index contributed by atoms with van der Waals surface area (Å²) in [6, 6.07) is 0. The molecule has 0 spiro atoms. The van der Waals surface area contributed by atoms with Crippen molar-refractivity contribution in [2.24, 2.45) is 0 Å². The van der Waals surface area contributed by atoms with Gasteiger partial charge in [0.25, 0.3) is 0 Å². The van der Waals surface area contributed by atoms with Gasteiger partial charge >= 0.3 is 17.9 Å². The van der Waals surface area contributed by atoms with Crippen LogP contribution in [0.2, 0.25) is 0 Å². The molecule has 0 N–H and O–H groups in total. The molecule has 6 nitrogen and oxygen atoms in total. The SMILES string of the molecule is CCCCC/C=C\C/C=C\CCCCCCCC(=O)OCC(COC(=O)CCCCCCCCCCCCCCCCCCCCC)OC(=O)CCCCCCCCC/C=C\CCCCCCCC. The number of carbonyl (C=O) groups is 3. The van der Waals surface area contributed by atoms with E-state index < -0.39 is 6.10 Å². The average molecular weight is 970 g/mol. The second-order valence-corrected chi connectivity index (χ2v) is 20.6. The van der Waals surface area contributed by atoms with Crippen molar-refractivity contribution in [2.75, 3.05) is 13.2 Å². The van der Waals surface area contributed by atoms with Crippen LogP contribution >= 0.6 is 0 Å². The fourth-order valence-corrected chi connectivity index (χ4v) is 9.00. The molecule has 0 amide bonds. The molecule has 0 aromatic rings. The Morgan fingerprint density at radius 3 is 0.841 bits per heavy atom. The van der Waals surface area contributed by atoms with Crippen molar-refractivity contribution < 1.29 is 28.6 Å². The predicted molar refractivity (Wildman–Crippen MR) is 298 cm³/mol. The van der Waals surface area contributed by atoms with Crippen molar-refractivity contribution in [3.8, 4) is 0 Å². The number of unbranched alkanes of at least 4 members (excludes halogenated alkanes) is 39. The maximum absolute atomic E-state index is 12.9. The van der Waals surface area contributed by atoms with Crippen molar-refractivity contribution in [3.63, 3.8) is 0 Å². The zero-order valence-corrected chi connectivity index (χ0v) is 46.3. The molecular weight excluding hydrogens is 853 g/mol. The summed E-state index contributed by atoms with van der Waals surface area (Å²) in [5.41, 5.74) is 0. The fraction of sp³-hybridized carbons (Fsp3) is 0.857. The van der Waals surface area contributed by atoms with E-state index in [2.05, 4.69) is 57.2 Å². The summed E-state index contributed by atoms with van der Waals surface area (Å²) >= 11 is 0. The van der Waals surface area contributed by atoms with Crippen LogP contribution in [0.4, 0.5) is 0 Å². The Kier molecular flexibility index (Phi) is 56.2. The summed E-state index contributed by atoms with van der Waals surface area (Å²) in [7, 11) is 0. The largest absolute Gasteiger partial charge is 0.462 e. The van der Waals surface area contributed by atoms with Gasteiger partial charge in [-0.05, 0) is 77.0 Å². The lowest BCUT2D eigenvalue weighted by atomic mass is 10.0. The topological polar surface area (TPSA) is 78.9 Å². The Hall–Kier alpha value is -2.37. The van der Waals surface area contributed by atoms with E-state index in [9.17, 15) is 14.4 Å². The van der Waals surface area contributed by atoms with Crippen LogP contribution in [0, 0.1) is 0 Å². The van der Waals surface area contributed by atoms with Crippen molar-refractivity contribution in [2.45, 2.75) is 335 Å². The maximum Gasteiger partial charge on any atom is 0.306 e. The van der Waals surface area contributed by atoms with E-state index in [0.717, 1.165) is 77.0 Å². The summed E-state index contributed by atoms with van der Waals surface area (Å²) in [5.74, 6) is -0.873. The zero-order chi connectivity index (χ0) is 50.0. The lowest BCUT2D eigenvalue weighted by Crippen LogP contribution is -2.30. The molecule has 0 fully saturated rings. The molecule has 0 aromatic heterocycles. The first-order valence-corrected chi connectivity index (χ1v) is 30.5. The van der Waals surface area contributed by atoms with Crippen LogP contribution in [0.3, 0.4) is 0 Å². The molecule has 0 aromatic carbocycles. The molecule has 0 saturated carbocycles. The fourth-order valence-electron chi connectivity index (χ4n) is 9.00. The molecule has 1 unspecified atom stereocenters. The number of hydrogen-bond acceptors (Lipinski definition) is 6. The predicted octanol–water partition coefficient (Wildman–Crippen LogP) is 20.4. The quantitative estimate of drug-likeness (QED) is 0.0261. The van der Waals surface area contributed by atoms with Gasteiger partial charge in [-0.2, -0.15) is 0 Å². The summed E-state index contributed by atoms with van der Waals surface area (Å²) < 4.78 is 16.9. The van der Waals surface area contributed by atoms with E-state index >= 15 is 0 Å². The molecule has 0 aliphatic carbocycles. The van der Waals surface area contributed by atoms with Gasteiger partial charge in [-0.15, -0.1) is 0 Å². The number of esters is 3. The highest BCUT2D eigenvalue weighted by Crippen LogP contribution is 2.17. The highest BCUT2D eigenvalue weighted by atomic mass is 16.6. The standard InChI is InChI=1S/C63H116O6/c1-4-7-10-13-16-19-22-25-28-30-31-33-35-38-41-44-47-50-53-56-62(65)68-59-60(58-67-61(64)55-52-49-46-43-40-37-34-27-24-21-18-15-12-9-6-3)69-63(66)57-54-51-48-45-42-39-36-32-29-26-23-20-17-14-11-8-5-2/h18,21,26-27,29,34,60H,4-17,19-20,22-25,28,30-33,35-59H2,1-3H3/b21-18-,29-26-,34-27-. The first-order valence-electron chi connectivity index (χ1n) is 30.5. The van der Waals surface area contributed by atoms with E-state index in [0.29, 0.717) is 19.3 Å². The van der Waals surface area contributed by atoms with Gasteiger partial charge in [0.15, 0.2) is 6.10 Å². The molecule has 0 heterocycles.